The number of hydrogen-bond donors (Lipinski definition) is 1. The van der Waals surface area contributed by atoms with Crippen LogP contribution < -0.4 is 0 Å². The largest absolute Gasteiger partial charge is 0.450 e. The maximum atomic E-state index is 13.6. The molecule has 0 aromatic rings. The Hall–Kier alpha value is -1.58. The SMILES string of the molecule is CCCC(=O)O[C@@]1(C(=O)COS(C)(=O)=O)CC[C@H]2[C@@H]3CCC4=CC(=O)CC[C@]4(C)[C@H]3[C@@H](O)C[C@@]21C. The summed E-state index contributed by atoms with van der Waals surface area (Å²) < 4.78 is 34.1. The van der Waals surface area contributed by atoms with E-state index in [1.54, 1.807) is 6.08 Å². The fraction of sp³-hybridized carbons (Fsp3) is 0.808. The molecule has 3 fully saturated rings. The van der Waals surface area contributed by atoms with Crippen molar-refractivity contribution in [2.24, 2.45) is 28.6 Å². The summed E-state index contributed by atoms with van der Waals surface area (Å²) in [5, 5.41) is 11.6. The van der Waals surface area contributed by atoms with Gasteiger partial charge in [-0.2, -0.15) is 8.42 Å². The van der Waals surface area contributed by atoms with Crippen molar-refractivity contribution in [2.45, 2.75) is 90.3 Å². The number of hydrogen-bond acceptors (Lipinski definition) is 8. The lowest BCUT2D eigenvalue weighted by Crippen LogP contribution is -2.63. The molecule has 0 bridgehead atoms. The predicted octanol–water partition coefficient (Wildman–Crippen LogP) is 3.12. The van der Waals surface area contributed by atoms with Gasteiger partial charge in [-0.3, -0.25) is 18.6 Å². The first-order chi connectivity index (χ1) is 16.3. The molecule has 4 rings (SSSR count). The lowest BCUT2D eigenvalue weighted by molar-refractivity contribution is -0.201. The van der Waals surface area contributed by atoms with Crippen molar-refractivity contribution in [1.29, 1.82) is 0 Å². The summed E-state index contributed by atoms with van der Waals surface area (Å²) in [6.07, 6.45) is 6.56. The first-order valence-corrected chi connectivity index (χ1v) is 14.6. The minimum Gasteiger partial charge on any atom is -0.450 e. The van der Waals surface area contributed by atoms with Gasteiger partial charge in [0, 0.05) is 18.3 Å². The van der Waals surface area contributed by atoms with Crippen LogP contribution in [0.2, 0.25) is 0 Å². The highest BCUT2D eigenvalue weighted by molar-refractivity contribution is 7.86. The number of rotatable bonds is 7. The van der Waals surface area contributed by atoms with Gasteiger partial charge in [0.1, 0.15) is 6.61 Å². The van der Waals surface area contributed by atoms with Crippen LogP contribution in [0.15, 0.2) is 11.6 Å². The zero-order valence-electron chi connectivity index (χ0n) is 21.2. The van der Waals surface area contributed by atoms with Crippen LogP contribution >= 0.6 is 0 Å². The normalized spacial score (nSPS) is 40.8. The third kappa shape index (κ3) is 4.31. The Balaban J connectivity index is 1.72. The van der Waals surface area contributed by atoms with E-state index in [1.165, 1.54) is 0 Å². The van der Waals surface area contributed by atoms with E-state index in [0.717, 1.165) is 24.7 Å². The summed E-state index contributed by atoms with van der Waals surface area (Å²) in [6.45, 7) is 5.22. The van der Waals surface area contributed by atoms with Crippen LogP contribution in [0.4, 0.5) is 0 Å². The number of ether oxygens (including phenoxy) is 1. The second-order valence-electron chi connectivity index (χ2n) is 11.6. The Morgan fingerprint density at radius 1 is 1.17 bits per heavy atom. The Morgan fingerprint density at radius 3 is 2.54 bits per heavy atom. The Labute approximate surface area is 207 Å². The molecule has 196 valence electrons. The van der Waals surface area contributed by atoms with E-state index < -0.39 is 45.6 Å². The van der Waals surface area contributed by atoms with Gasteiger partial charge in [-0.05, 0) is 74.2 Å². The van der Waals surface area contributed by atoms with Crippen LogP contribution in [-0.2, 0) is 33.4 Å². The number of allylic oxidation sites excluding steroid dienone is 1. The van der Waals surface area contributed by atoms with Crippen molar-refractivity contribution in [3.8, 4) is 0 Å². The average Bonchev–Trinajstić information content (AvgIpc) is 3.04. The van der Waals surface area contributed by atoms with Gasteiger partial charge < -0.3 is 9.84 Å². The second kappa shape index (κ2) is 9.06. The van der Waals surface area contributed by atoms with Crippen LogP contribution in [0.3, 0.4) is 0 Å². The molecule has 8 nitrogen and oxygen atoms in total. The number of ketones is 2. The second-order valence-corrected chi connectivity index (χ2v) is 13.2. The maximum Gasteiger partial charge on any atom is 0.306 e. The van der Waals surface area contributed by atoms with E-state index in [4.69, 9.17) is 8.92 Å². The number of Topliss-reactive ketones (excluding diaryl/α,β-unsaturated/α-hetero) is 1. The number of aliphatic hydroxyl groups is 1. The maximum absolute atomic E-state index is 13.6. The van der Waals surface area contributed by atoms with E-state index in [2.05, 4.69) is 6.92 Å². The quantitative estimate of drug-likeness (QED) is 0.409. The van der Waals surface area contributed by atoms with Gasteiger partial charge in [-0.25, -0.2) is 0 Å². The third-order valence-electron chi connectivity index (χ3n) is 9.61. The molecule has 4 aliphatic carbocycles. The molecule has 35 heavy (non-hydrogen) atoms. The molecule has 1 N–H and O–H groups in total. The van der Waals surface area contributed by atoms with Crippen LogP contribution in [-0.4, -0.2) is 55.6 Å². The zero-order valence-corrected chi connectivity index (χ0v) is 22.0. The topological polar surface area (TPSA) is 124 Å². The van der Waals surface area contributed by atoms with Crippen molar-refractivity contribution >= 4 is 27.7 Å². The highest BCUT2D eigenvalue weighted by Gasteiger charge is 2.70. The molecule has 9 heteroatoms. The van der Waals surface area contributed by atoms with E-state index >= 15 is 0 Å². The first kappa shape index (κ1) is 26.5. The van der Waals surface area contributed by atoms with Gasteiger partial charge >= 0.3 is 5.97 Å². The van der Waals surface area contributed by atoms with Gasteiger partial charge in [0.15, 0.2) is 11.4 Å². The molecule has 0 aromatic carbocycles. The molecule has 4 aliphatic rings. The molecule has 0 heterocycles. The molecule has 0 radical (unpaired) electrons. The molecule has 7 atom stereocenters. The number of carbonyl (C=O) groups excluding carboxylic acids is 3. The highest BCUT2D eigenvalue weighted by atomic mass is 32.2. The van der Waals surface area contributed by atoms with E-state index in [-0.39, 0.29) is 48.2 Å². The van der Waals surface area contributed by atoms with Crippen molar-refractivity contribution in [3.05, 3.63) is 11.6 Å². The third-order valence-corrected chi connectivity index (χ3v) is 10.2. The summed E-state index contributed by atoms with van der Waals surface area (Å²) >= 11 is 0. The lowest BCUT2D eigenvalue weighted by Gasteiger charge is -2.60. The van der Waals surface area contributed by atoms with Gasteiger partial charge in [-0.15, -0.1) is 0 Å². The molecule has 0 aliphatic heterocycles. The molecular formula is C26H38O8S. The van der Waals surface area contributed by atoms with Crippen molar-refractivity contribution in [3.63, 3.8) is 0 Å². The van der Waals surface area contributed by atoms with Crippen LogP contribution in [0, 0.1) is 28.6 Å². The summed E-state index contributed by atoms with van der Waals surface area (Å²) in [7, 11) is -3.86. The zero-order chi connectivity index (χ0) is 25.8. The smallest absolute Gasteiger partial charge is 0.306 e. The Kier molecular flexibility index (Phi) is 6.86. The fourth-order valence-electron chi connectivity index (χ4n) is 8.08. The standard InChI is InChI=1S/C26H38O8S/c1-5-6-22(30)34-26(21(29)15-33-35(4,31)32)12-10-19-18-8-7-16-13-17(27)9-11-24(16,2)23(18)20(28)14-25(19,26)3/h13,18-20,23,28H,5-12,14-15H2,1-4H3/t18-,19-,20-,23+,24-,25-,26+/m0/s1. The molecule has 0 aromatic heterocycles. The van der Waals surface area contributed by atoms with Crippen molar-refractivity contribution in [1.82, 2.24) is 0 Å². The predicted molar refractivity (Wildman–Crippen MR) is 128 cm³/mol. The monoisotopic (exact) mass is 510 g/mol. The molecule has 0 amide bonds. The first-order valence-electron chi connectivity index (χ1n) is 12.8. The van der Waals surface area contributed by atoms with E-state index in [1.807, 2.05) is 13.8 Å². The highest BCUT2D eigenvalue weighted by Crippen LogP contribution is 2.68. The minimum absolute atomic E-state index is 0.0171. The molecular weight excluding hydrogens is 472 g/mol. The molecule has 0 spiro atoms. The van der Waals surface area contributed by atoms with Gasteiger partial charge in [0.25, 0.3) is 10.1 Å². The average molecular weight is 511 g/mol. The van der Waals surface area contributed by atoms with Gasteiger partial charge in [0.2, 0.25) is 5.78 Å². The van der Waals surface area contributed by atoms with E-state index in [9.17, 15) is 27.9 Å². The number of aliphatic hydroxyl groups excluding tert-OH is 1. The summed E-state index contributed by atoms with van der Waals surface area (Å²) in [5.74, 6) is -0.833. The van der Waals surface area contributed by atoms with Crippen LogP contribution in [0.5, 0.6) is 0 Å². The Morgan fingerprint density at radius 2 is 1.89 bits per heavy atom. The van der Waals surface area contributed by atoms with Gasteiger partial charge in [0.05, 0.1) is 12.4 Å². The summed E-state index contributed by atoms with van der Waals surface area (Å²) in [5.41, 5.74) is -1.55. The van der Waals surface area contributed by atoms with Crippen LogP contribution in [0.25, 0.3) is 0 Å². The number of fused-ring (bicyclic) bond motifs is 5. The molecule has 0 saturated heterocycles. The molecule has 3 saturated carbocycles. The van der Waals surface area contributed by atoms with Crippen molar-refractivity contribution in [2.75, 3.05) is 12.9 Å². The summed E-state index contributed by atoms with van der Waals surface area (Å²) in [6, 6.07) is 0. The molecule has 0 unspecified atom stereocenters. The van der Waals surface area contributed by atoms with Crippen LogP contribution in [0.1, 0.15) is 78.6 Å². The van der Waals surface area contributed by atoms with E-state index in [0.29, 0.717) is 25.7 Å². The van der Waals surface area contributed by atoms with Gasteiger partial charge in [-0.1, -0.05) is 26.3 Å². The minimum atomic E-state index is -3.86. The lowest BCUT2D eigenvalue weighted by atomic mass is 9.45. The fourth-order valence-corrected chi connectivity index (χ4v) is 8.41. The van der Waals surface area contributed by atoms with Crippen molar-refractivity contribution < 1.29 is 36.8 Å². The number of esters is 1. The number of carbonyl (C=O) groups is 3. The summed E-state index contributed by atoms with van der Waals surface area (Å²) in [4.78, 5) is 38.4. The Bertz CT molecular complexity index is 1050.